The van der Waals surface area contributed by atoms with E-state index < -0.39 is 0 Å². The number of aromatic nitrogens is 3. The minimum absolute atomic E-state index is 0.713. The maximum absolute atomic E-state index is 6.01. The lowest BCUT2D eigenvalue weighted by Gasteiger charge is -2.09. The highest BCUT2D eigenvalue weighted by Gasteiger charge is 2.15. The van der Waals surface area contributed by atoms with E-state index >= 15 is 0 Å². The summed E-state index contributed by atoms with van der Waals surface area (Å²) in [4.78, 5) is 4.68. The van der Waals surface area contributed by atoms with E-state index in [0.29, 0.717) is 5.02 Å². The van der Waals surface area contributed by atoms with Crippen LogP contribution in [-0.4, -0.2) is 14.6 Å². The van der Waals surface area contributed by atoms with E-state index in [2.05, 4.69) is 10.3 Å². The lowest BCUT2D eigenvalue weighted by molar-refractivity contribution is 0.941. The van der Waals surface area contributed by atoms with Gasteiger partial charge in [0.25, 0.3) is 0 Å². The fraction of sp³-hybridized carbons (Fsp3) is 0.100. The van der Waals surface area contributed by atoms with E-state index in [1.807, 2.05) is 79.0 Å². The molecule has 0 unspecified atom stereocenters. The number of halogens is 1. The van der Waals surface area contributed by atoms with Gasteiger partial charge in [-0.05, 0) is 38.1 Å². The van der Waals surface area contributed by atoms with Gasteiger partial charge in [0.1, 0.15) is 5.82 Å². The Morgan fingerprint density at radius 1 is 0.960 bits per heavy atom. The van der Waals surface area contributed by atoms with Crippen molar-refractivity contribution >= 4 is 28.8 Å². The van der Waals surface area contributed by atoms with Gasteiger partial charge >= 0.3 is 0 Å². The second kappa shape index (κ2) is 6.22. The predicted molar refractivity (Wildman–Crippen MR) is 103 cm³/mol. The molecule has 2 aromatic carbocycles. The van der Waals surface area contributed by atoms with Crippen molar-refractivity contribution in [1.82, 2.24) is 14.6 Å². The van der Waals surface area contributed by atoms with Crippen LogP contribution in [0.2, 0.25) is 5.02 Å². The summed E-state index contributed by atoms with van der Waals surface area (Å²) in [5.74, 6) is 0.886. The van der Waals surface area contributed by atoms with Gasteiger partial charge < -0.3 is 5.32 Å². The van der Waals surface area contributed by atoms with Gasteiger partial charge in [0.05, 0.1) is 5.69 Å². The zero-order chi connectivity index (χ0) is 17.4. The van der Waals surface area contributed by atoms with Crippen LogP contribution in [0.5, 0.6) is 0 Å². The van der Waals surface area contributed by atoms with E-state index in [1.165, 1.54) is 0 Å². The van der Waals surface area contributed by atoms with Crippen LogP contribution in [0.25, 0.3) is 16.9 Å². The SMILES string of the molecule is Cc1cc(Nc2ccccc2)n2nc(-c3ccc(Cl)cc3)c(C)c2n1. The van der Waals surface area contributed by atoms with E-state index in [-0.39, 0.29) is 0 Å². The van der Waals surface area contributed by atoms with Crippen molar-refractivity contribution in [3.05, 3.63) is 76.9 Å². The molecule has 5 heteroatoms. The molecule has 4 nitrogen and oxygen atoms in total. The minimum atomic E-state index is 0.713. The standard InChI is InChI=1S/C20H17ClN4/c1-13-12-18(23-17-6-4-3-5-7-17)25-20(22-13)14(2)19(24-25)15-8-10-16(21)11-9-15/h3-12,23H,1-2H3. The molecule has 0 atom stereocenters. The molecule has 0 aliphatic carbocycles. The van der Waals surface area contributed by atoms with Crippen molar-refractivity contribution in [2.24, 2.45) is 0 Å². The van der Waals surface area contributed by atoms with Crippen LogP contribution < -0.4 is 5.32 Å². The first-order valence-electron chi connectivity index (χ1n) is 8.07. The number of nitrogens with zero attached hydrogens (tertiary/aromatic N) is 3. The average Bonchev–Trinajstić information content (AvgIpc) is 2.94. The van der Waals surface area contributed by atoms with Crippen molar-refractivity contribution in [2.75, 3.05) is 5.32 Å². The summed E-state index contributed by atoms with van der Waals surface area (Å²) in [5.41, 5.74) is 5.78. The van der Waals surface area contributed by atoms with Gasteiger partial charge in [0, 0.05) is 33.6 Å². The quantitative estimate of drug-likeness (QED) is 0.538. The van der Waals surface area contributed by atoms with E-state index in [1.54, 1.807) is 0 Å². The molecule has 1 N–H and O–H groups in total. The minimum Gasteiger partial charge on any atom is -0.340 e. The molecule has 0 aliphatic rings. The van der Waals surface area contributed by atoms with Gasteiger partial charge in [-0.2, -0.15) is 9.61 Å². The number of hydrogen-bond donors (Lipinski definition) is 1. The number of aryl methyl sites for hydroxylation is 2. The molecule has 124 valence electrons. The molecule has 0 bridgehead atoms. The van der Waals surface area contributed by atoms with Crippen LogP contribution in [0.4, 0.5) is 11.5 Å². The molecule has 0 spiro atoms. The van der Waals surface area contributed by atoms with Gasteiger partial charge in [0.15, 0.2) is 5.65 Å². The number of benzene rings is 2. The first-order valence-corrected chi connectivity index (χ1v) is 8.44. The molecule has 25 heavy (non-hydrogen) atoms. The lowest BCUT2D eigenvalue weighted by Crippen LogP contribution is -2.02. The van der Waals surface area contributed by atoms with Gasteiger partial charge in [-0.25, -0.2) is 4.98 Å². The maximum Gasteiger partial charge on any atom is 0.161 e. The fourth-order valence-corrected chi connectivity index (χ4v) is 3.01. The second-order valence-electron chi connectivity index (χ2n) is 5.99. The van der Waals surface area contributed by atoms with Crippen molar-refractivity contribution in [3.63, 3.8) is 0 Å². The number of nitrogens with one attached hydrogen (secondary N) is 1. The van der Waals surface area contributed by atoms with E-state index in [0.717, 1.165) is 39.7 Å². The lowest BCUT2D eigenvalue weighted by atomic mass is 10.1. The van der Waals surface area contributed by atoms with Crippen LogP contribution in [-0.2, 0) is 0 Å². The Hall–Kier alpha value is -2.85. The Kier molecular flexibility index (Phi) is 3.90. The van der Waals surface area contributed by atoms with E-state index in [4.69, 9.17) is 16.7 Å². The van der Waals surface area contributed by atoms with Gasteiger partial charge in [-0.1, -0.05) is 41.9 Å². The summed E-state index contributed by atoms with van der Waals surface area (Å²) >= 11 is 6.01. The third-order valence-electron chi connectivity index (χ3n) is 4.11. The zero-order valence-corrected chi connectivity index (χ0v) is 14.7. The zero-order valence-electron chi connectivity index (χ0n) is 14.0. The van der Waals surface area contributed by atoms with Crippen LogP contribution >= 0.6 is 11.6 Å². The predicted octanol–water partition coefficient (Wildman–Crippen LogP) is 5.41. The van der Waals surface area contributed by atoms with E-state index in [9.17, 15) is 0 Å². The Morgan fingerprint density at radius 3 is 2.40 bits per heavy atom. The molecular formula is C20H17ClN4. The summed E-state index contributed by atoms with van der Waals surface area (Å²) in [6, 6.07) is 19.8. The monoisotopic (exact) mass is 348 g/mol. The molecule has 0 fully saturated rings. The number of fused-ring (bicyclic) bond motifs is 1. The van der Waals surface area contributed by atoms with Crippen LogP contribution in [0.15, 0.2) is 60.7 Å². The fourth-order valence-electron chi connectivity index (χ4n) is 2.89. The molecular weight excluding hydrogens is 332 g/mol. The second-order valence-corrected chi connectivity index (χ2v) is 6.43. The summed E-state index contributed by atoms with van der Waals surface area (Å²) in [5, 5.41) is 8.94. The molecule has 4 rings (SSSR count). The highest BCUT2D eigenvalue weighted by molar-refractivity contribution is 6.30. The molecule has 0 saturated heterocycles. The molecule has 0 aliphatic heterocycles. The largest absolute Gasteiger partial charge is 0.340 e. The van der Waals surface area contributed by atoms with Gasteiger partial charge in [-0.3, -0.25) is 0 Å². The van der Waals surface area contributed by atoms with Crippen molar-refractivity contribution < 1.29 is 0 Å². The first-order chi connectivity index (χ1) is 12.1. The van der Waals surface area contributed by atoms with Gasteiger partial charge in [-0.15, -0.1) is 0 Å². The normalized spacial score (nSPS) is 11.0. The van der Waals surface area contributed by atoms with Gasteiger partial charge in [0.2, 0.25) is 0 Å². The Bertz CT molecular complexity index is 1040. The molecule has 4 aromatic rings. The Labute approximate surface area is 151 Å². The van der Waals surface area contributed by atoms with Crippen LogP contribution in [0.1, 0.15) is 11.3 Å². The number of para-hydroxylation sites is 1. The van der Waals surface area contributed by atoms with Crippen molar-refractivity contribution in [2.45, 2.75) is 13.8 Å². The summed E-state index contributed by atoms with van der Waals surface area (Å²) in [7, 11) is 0. The van der Waals surface area contributed by atoms with Crippen molar-refractivity contribution in [1.29, 1.82) is 0 Å². The van der Waals surface area contributed by atoms with Crippen LogP contribution in [0, 0.1) is 13.8 Å². The number of rotatable bonds is 3. The topological polar surface area (TPSA) is 42.2 Å². The van der Waals surface area contributed by atoms with Crippen molar-refractivity contribution in [3.8, 4) is 11.3 Å². The molecule has 2 aromatic heterocycles. The summed E-state index contributed by atoms with van der Waals surface area (Å²) < 4.78 is 1.86. The summed E-state index contributed by atoms with van der Waals surface area (Å²) in [6.45, 7) is 4.04. The Morgan fingerprint density at radius 2 is 1.68 bits per heavy atom. The van der Waals surface area contributed by atoms with Crippen LogP contribution in [0.3, 0.4) is 0 Å². The molecule has 0 radical (unpaired) electrons. The molecule has 0 amide bonds. The third-order valence-corrected chi connectivity index (χ3v) is 4.36. The third kappa shape index (κ3) is 2.96. The highest BCUT2D eigenvalue weighted by Crippen LogP contribution is 2.28. The first kappa shape index (κ1) is 15.7. The number of hydrogen-bond acceptors (Lipinski definition) is 3. The highest BCUT2D eigenvalue weighted by atomic mass is 35.5. The smallest absolute Gasteiger partial charge is 0.161 e. The molecule has 0 saturated carbocycles. The average molecular weight is 349 g/mol. The number of anilines is 2. The summed E-state index contributed by atoms with van der Waals surface area (Å²) in [6.07, 6.45) is 0. The molecule has 2 heterocycles. The Balaban J connectivity index is 1.87. The maximum atomic E-state index is 6.01.